The minimum atomic E-state index is -0.468. The Bertz CT molecular complexity index is 357. The van der Waals surface area contributed by atoms with Crippen molar-refractivity contribution in [2.24, 2.45) is 0 Å². The van der Waals surface area contributed by atoms with Crippen molar-refractivity contribution in [1.82, 2.24) is 14.9 Å². The van der Waals surface area contributed by atoms with E-state index < -0.39 is 6.04 Å². The zero-order chi connectivity index (χ0) is 10.6. The van der Waals surface area contributed by atoms with Gasteiger partial charge in [0.05, 0.1) is 12.3 Å². The lowest BCUT2D eigenvalue weighted by Crippen LogP contribution is -2.34. The molecule has 0 aliphatic carbocycles. The van der Waals surface area contributed by atoms with Crippen LogP contribution in [-0.2, 0) is 0 Å². The molecule has 1 amide bonds. The average molecular weight is 190 g/mol. The van der Waals surface area contributed by atoms with E-state index in [1.165, 1.54) is 23.5 Å². The van der Waals surface area contributed by atoms with Gasteiger partial charge in [0.2, 0.25) is 0 Å². The van der Waals surface area contributed by atoms with Crippen molar-refractivity contribution in [2.45, 2.75) is 13.0 Å². The summed E-state index contributed by atoms with van der Waals surface area (Å²) in [5.41, 5.74) is 0.247. The number of aromatic nitrogens is 2. The molecule has 0 N–H and O–H groups in total. The van der Waals surface area contributed by atoms with Gasteiger partial charge < -0.3 is 4.90 Å². The molecule has 14 heavy (non-hydrogen) atoms. The van der Waals surface area contributed by atoms with Gasteiger partial charge in [0, 0.05) is 19.4 Å². The van der Waals surface area contributed by atoms with Crippen LogP contribution in [0.15, 0.2) is 18.6 Å². The second kappa shape index (κ2) is 4.33. The van der Waals surface area contributed by atoms with Crippen molar-refractivity contribution in [3.8, 4) is 6.07 Å². The van der Waals surface area contributed by atoms with E-state index in [4.69, 9.17) is 5.26 Å². The second-order valence-electron chi connectivity index (χ2n) is 2.81. The molecule has 0 aliphatic rings. The molecule has 0 aromatic carbocycles. The van der Waals surface area contributed by atoms with Crippen LogP contribution in [0.4, 0.5) is 0 Å². The fourth-order valence-electron chi connectivity index (χ4n) is 0.853. The van der Waals surface area contributed by atoms with Gasteiger partial charge in [-0.05, 0) is 6.92 Å². The maximum Gasteiger partial charge on any atom is 0.274 e. The summed E-state index contributed by atoms with van der Waals surface area (Å²) >= 11 is 0. The van der Waals surface area contributed by atoms with E-state index in [-0.39, 0.29) is 11.6 Å². The average Bonchev–Trinajstić information content (AvgIpc) is 2.27. The number of rotatable bonds is 2. The first-order valence-electron chi connectivity index (χ1n) is 4.09. The first kappa shape index (κ1) is 10.1. The molecule has 1 aromatic rings. The summed E-state index contributed by atoms with van der Waals surface area (Å²) in [5.74, 6) is -0.299. The highest BCUT2D eigenvalue weighted by atomic mass is 16.2. The molecule has 5 nitrogen and oxygen atoms in total. The summed E-state index contributed by atoms with van der Waals surface area (Å²) in [4.78, 5) is 20.6. The van der Waals surface area contributed by atoms with E-state index >= 15 is 0 Å². The highest BCUT2D eigenvalue weighted by Crippen LogP contribution is 2.01. The molecular formula is C9H10N4O. The normalized spacial score (nSPS) is 11.5. The molecule has 0 aliphatic heterocycles. The quantitative estimate of drug-likeness (QED) is 0.679. The molecule has 0 saturated heterocycles. The standard InChI is InChI=1S/C9H10N4O/c1-7(5-10)13(2)9(14)8-6-11-3-4-12-8/h3-4,6-7H,1-2H3. The molecule has 0 saturated carbocycles. The molecule has 1 unspecified atom stereocenters. The lowest BCUT2D eigenvalue weighted by atomic mass is 10.3. The van der Waals surface area contributed by atoms with Crippen LogP contribution in [0.3, 0.4) is 0 Å². The largest absolute Gasteiger partial charge is 0.325 e. The van der Waals surface area contributed by atoms with E-state index in [0.29, 0.717) is 0 Å². The molecule has 72 valence electrons. The van der Waals surface area contributed by atoms with Crippen LogP contribution in [0.1, 0.15) is 17.4 Å². The molecule has 0 radical (unpaired) electrons. The Morgan fingerprint density at radius 1 is 1.64 bits per heavy atom. The molecular weight excluding hydrogens is 180 g/mol. The van der Waals surface area contributed by atoms with Gasteiger partial charge in [0.1, 0.15) is 11.7 Å². The van der Waals surface area contributed by atoms with Crippen LogP contribution >= 0.6 is 0 Å². The Kier molecular flexibility index (Phi) is 3.13. The lowest BCUT2D eigenvalue weighted by molar-refractivity contribution is 0.0767. The van der Waals surface area contributed by atoms with E-state index in [1.54, 1.807) is 14.0 Å². The fourth-order valence-corrected chi connectivity index (χ4v) is 0.853. The maximum absolute atomic E-state index is 11.6. The number of carbonyl (C=O) groups excluding carboxylic acids is 1. The summed E-state index contributed by atoms with van der Waals surface area (Å²) < 4.78 is 0. The third kappa shape index (κ3) is 2.04. The predicted molar refractivity (Wildman–Crippen MR) is 49.2 cm³/mol. The molecule has 1 rings (SSSR count). The van der Waals surface area contributed by atoms with Crippen molar-refractivity contribution < 1.29 is 4.79 Å². The summed E-state index contributed by atoms with van der Waals surface area (Å²) in [6.45, 7) is 1.65. The van der Waals surface area contributed by atoms with Crippen LogP contribution in [0.25, 0.3) is 0 Å². The van der Waals surface area contributed by atoms with Gasteiger partial charge in [-0.3, -0.25) is 9.78 Å². The second-order valence-corrected chi connectivity index (χ2v) is 2.81. The topological polar surface area (TPSA) is 69.9 Å². The van der Waals surface area contributed by atoms with E-state index in [9.17, 15) is 4.79 Å². The zero-order valence-corrected chi connectivity index (χ0v) is 8.01. The molecule has 0 bridgehead atoms. The first-order valence-corrected chi connectivity index (χ1v) is 4.09. The molecule has 1 atom stereocenters. The number of nitriles is 1. The van der Waals surface area contributed by atoms with Crippen LogP contribution in [0.5, 0.6) is 0 Å². The summed E-state index contributed by atoms with van der Waals surface area (Å²) in [6.07, 6.45) is 4.31. The van der Waals surface area contributed by atoms with Gasteiger partial charge in [-0.2, -0.15) is 5.26 Å². The van der Waals surface area contributed by atoms with Crippen molar-refractivity contribution in [2.75, 3.05) is 7.05 Å². The maximum atomic E-state index is 11.6. The van der Waals surface area contributed by atoms with E-state index in [2.05, 4.69) is 9.97 Å². The van der Waals surface area contributed by atoms with Crippen LogP contribution < -0.4 is 0 Å². The fraction of sp³-hybridized carbons (Fsp3) is 0.333. The van der Waals surface area contributed by atoms with Crippen molar-refractivity contribution in [3.63, 3.8) is 0 Å². The molecule has 1 aromatic heterocycles. The summed E-state index contributed by atoms with van der Waals surface area (Å²) in [7, 11) is 1.56. The minimum Gasteiger partial charge on any atom is -0.325 e. The van der Waals surface area contributed by atoms with Gasteiger partial charge in [0.15, 0.2) is 0 Å². The van der Waals surface area contributed by atoms with Gasteiger partial charge in [-0.15, -0.1) is 0 Å². The monoisotopic (exact) mass is 190 g/mol. The SMILES string of the molecule is CC(C#N)N(C)C(=O)c1cnccn1. The summed E-state index contributed by atoms with van der Waals surface area (Å²) in [6, 6.07) is 1.50. The number of nitrogens with zero attached hydrogens (tertiary/aromatic N) is 4. The number of hydrogen-bond acceptors (Lipinski definition) is 4. The van der Waals surface area contributed by atoms with Gasteiger partial charge in [0.25, 0.3) is 5.91 Å². The van der Waals surface area contributed by atoms with Gasteiger partial charge in [-0.25, -0.2) is 4.98 Å². The number of amides is 1. The van der Waals surface area contributed by atoms with Crippen molar-refractivity contribution >= 4 is 5.91 Å². The highest BCUT2D eigenvalue weighted by Gasteiger charge is 2.17. The molecule has 0 fully saturated rings. The Labute approximate surface area is 82.0 Å². The smallest absolute Gasteiger partial charge is 0.274 e. The third-order valence-electron chi connectivity index (χ3n) is 1.87. The van der Waals surface area contributed by atoms with E-state index in [1.807, 2.05) is 6.07 Å². The number of hydrogen-bond donors (Lipinski definition) is 0. The van der Waals surface area contributed by atoms with Crippen molar-refractivity contribution in [3.05, 3.63) is 24.3 Å². The van der Waals surface area contributed by atoms with Crippen LogP contribution in [0.2, 0.25) is 0 Å². The van der Waals surface area contributed by atoms with Gasteiger partial charge in [-0.1, -0.05) is 0 Å². The minimum absolute atomic E-state index is 0.247. The van der Waals surface area contributed by atoms with Gasteiger partial charge >= 0.3 is 0 Å². The van der Waals surface area contributed by atoms with Crippen LogP contribution in [0, 0.1) is 11.3 Å². The zero-order valence-electron chi connectivity index (χ0n) is 8.01. The lowest BCUT2D eigenvalue weighted by Gasteiger charge is -2.18. The Morgan fingerprint density at radius 2 is 2.36 bits per heavy atom. The number of carbonyl (C=O) groups is 1. The molecule has 5 heteroatoms. The highest BCUT2D eigenvalue weighted by molar-refractivity contribution is 5.92. The Morgan fingerprint density at radius 3 is 2.86 bits per heavy atom. The van der Waals surface area contributed by atoms with Crippen LogP contribution in [-0.4, -0.2) is 33.9 Å². The first-order chi connectivity index (χ1) is 6.66. The Balaban J connectivity index is 2.82. The molecule has 1 heterocycles. The van der Waals surface area contributed by atoms with Crippen molar-refractivity contribution in [1.29, 1.82) is 5.26 Å². The third-order valence-corrected chi connectivity index (χ3v) is 1.87. The van der Waals surface area contributed by atoms with E-state index in [0.717, 1.165) is 0 Å². The molecule has 0 spiro atoms. The summed E-state index contributed by atoms with van der Waals surface area (Å²) in [5, 5.41) is 8.62. The Hall–Kier alpha value is -1.96. The predicted octanol–water partition coefficient (Wildman–Crippen LogP) is 0.461.